The standard InChI is InChI=1S/C20H38N6.HI/c1-6-16-11-9-10-13-26(16)14-12-22-20(21-4)23-15-17-18(7-2)24-25(5)19(17)8-3;/h16H,6-15H2,1-5H3,(H2,21,22,23);1H. The van der Waals surface area contributed by atoms with Crippen molar-refractivity contribution in [3.63, 3.8) is 0 Å². The Morgan fingerprint density at radius 2 is 1.96 bits per heavy atom. The lowest BCUT2D eigenvalue weighted by atomic mass is 10.0. The van der Waals surface area contributed by atoms with Crippen LogP contribution in [0.3, 0.4) is 0 Å². The van der Waals surface area contributed by atoms with Crippen LogP contribution in [0.1, 0.15) is 63.4 Å². The summed E-state index contributed by atoms with van der Waals surface area (Å²) < 4.78 is 2.02. The molecule has 2 heterocycles. The molecule has 0 bridgehead atoms. The highest BCUT2D eigenvalue weighted by Crippen LogP contribution is 2.18. The van der Waals surface area contributed by atoms with Gasteiger partial charge in [-0.3, -0.25) is 14.6 Å². The molecule has 0 amide bonds. The first-order valence-electron chi connectivity index (χ1n) is 10.4. The van der Waals surface area contributed by atoms with Crippen LogP contribution in [0.5, 0.6) is 0 Å². The second-order valence-electron chi connectivity index (χ2n) is 7.15. The predicted molar refractivity (Wildman–Crippen MR) is 125 cm³/mol. The van der Waals surface area contributed by atoms with Gasteiger partial charge in [-0.2, -0.15) is 5.10 Å². The van der Waals surface area contributed by atoms with Gasteiger partial charge in [-0.05, 0) is 38.6 Å². The number of aliphatic imine (C=N–C) groups is 1. The van der Waals surface area contributed by atoms with Crippen molar-refractivity contribution in [2.24, 2.45) is 12.0 Å². The molecule has 2 N–H and O–H groups in total. The van der Waals surface area contributed by atoms with Gasteiger partial charge in [-0.15, -0.1) is 24.0 Å². The summed E-state index contributed by atoms with van der Waals surface area (Å²) >= 11 is 0. The van der Waals surface area contributed by atoms with Gasteiger partial charge in [0, 0.05) is 51.0 Å². The largest absolute Gasteiger partial charge is 0.355 e. The Morgan fingerprint density at radius 1 is 1.19 bits per heavy atom. The molecule has 1 saturated heterocycles. The van der Waals surface area contributed by atoms with Crippen LogP contribution in [0.2, 0.25) is 0 Å². The molecular weight excluding hydrogens is 451 g/mol. The fourth-order valence-corrected chi connectivity index (χ4v) is 4.12. The maximum atomic E-state index is 4.65. The number of halogens is 1. The topological polar surface area (TPSA) is 57.5 Å². The van der Waals surface area contributed by atoms with Crippen LogP contribution in [-0.2, 0) is 26.4 Å². The van der Waals surface area contributed by atoms with Crippen LogP contribution in [-0.4, -0.2) is 53.4 Å². The van der Waals surface area contributed by atoms with Gasteiger partial charge in [0.05, 0.1) is 5.69 Å². The van der Waals surface area contributed by atoms with Crippen molar-refractivity contribution in [2.45, 2.75) is 71.9 Å². The van der Waals surface area contributed by atoms with Crippen molar-refractivity contribution >= 4 is 29.9 Å². The third-order valence-electron chi connectivity index (χ3n) is 5.60. The van der Waals surface area contributed by atoms with Crippen molar-refractivity contribution < 1.29 is 0 Å². The number of hydrogen-bond donors (Lipinski definition) is 2. The second-order valence-corrected chi connectivity index (χ2v) is 7.15. The Labute approximate surface area is 182 Å². The van der Waals surface area contributed by atoms with Crippen molar-refractivity contribution in [2.75, 3.05) is 26.7 Å². The molecular formula is C20H39IN6. The van der Waals surface area contributed by atoms with Gasteiger partial charge in [0.2, 0.25) is 0 Å². The smallest absolute Gasteiger partial charge is 0.191 e. The summed E-state index contributed by atoms with van der Waals surface area (Å²) in [4.78, 5) is 7.03. The number of likely N-dealkylation sites (tertiary alicyclic amines) is 1. The number of rotatable bonds is 8. The molecule has 0 spiro atoms. The predicted octanol–water partition coefficient (Wildman–Crippen LogP) is 3.09. The summed E-state index contributed by atoms with van der Waals surface area (Å²) in [5.74, 6) is 0.878. The van der Waals surface area contributed by atoms with Gasteiger partial charge in [-0.1, -0.05) is 27.2 Å². The molecule has 7 heteroatoms. The Morgan fingerprint density at radius 3 is 2.59 bits per heavy atom. The third-order valence-corrected chi connectivity index (χ3v) is 5.60. The van der Waals surface area contributed by atoms with E-state index in [1.807, 2.05) is 18.8 Å². The normalized spacial score (nSPS) is 18.3. The van der Waals surface area contributed by atoms with E-state index in [9.17, 15) is 0 Å². The number of nitrogens with one attached hydrogen (secondary N) is 2. The minimum absolute atomic E-state index is 0. The Balaban J connectivity index is 0.00000364. The molecule has 0 aromatic carbocycles. The van der Waals surface area contributed by atoms with Crippen LogP contribution in [0.15, 0.2) is 4.99 Å². The Bertz CT molecular complexity index is 583. The molecule has 1 aromatic rings. The zero-order valence-corrected chi connectivity index (χ0v) is 20.2. The lowest BCUT2D eigenvalue weighted by Crippen LogP contribution is -2.45. The lowest BCUT2D eigenvalue weighted by molar-refractivity contribution is 0.147. The van der Waals surface area contributed by atoms with E-state index >= 15 is 0 Å². The fraction of sp³-hybridized carbons (Fsp3) is 0.800. The molecule has 1 atom stereocenters. The number of guanidine groups is 1. The van der Waals surface area contributed by atoms with E-state index in [-0.39, 0.29) is 24.0 Å². The number of piperidine rings is 1. The summed E-state index contributed by atoms with van der Waals surface area (Å²) in [7, 11) is 3.88. The van der Waals surface area contributed by atoms with Gasteiger partial charge >= 0.3 is 0 Å². The molecule has 0 radical (unpaired) electrons. The van der Waals surface area contributed by atoms with Gasteiger partial charge in [-0.25, -0.2) is 0 Å². The second kappa shape index (κ2) is 12.6. The molecule has 1 fully saturated rings. The summed E-state index contributed by atoms with van der Waals surface area (Å²) in [6.07, 6.45) is 7.29. The Hall–Kier alpha value is -0.830. The van der Waals surface area contributed by atoms with Crippen LogP contribution < -0.4 is 10.6 Å². The highest BCUT2D eigenvalue weighted by Gasteiger charge is 2.20. The zero-order valence-electron chi connectivity index (χ0n) is 17.8. The number of hydrogen-bond acceptors (Lipinski definition) is 3. The van der Waals surface area contributed by atoms with E-state index in [0.717, 1.165) is 44.5 Å². The van der Waals surface area contributed by atoms with E-state index in [1.54, 1.807) is 0 Å². The molecule has 1 aliphatic rings. The van der Waals surface area contributed by atoms with Crippen molar-refractivity contribution in [3.05, 3.63) is 17.0 Å². The summed E-state index contributed by atoms with van der Waals surface area (Å²) in [6.45, 7) is 10.7. The van der Waals surface area contributed by atoms with Crippen LogP contribution >= 0.6 is 24.0 Å². The number of nitrogens with zero attached hydrogens (tertiary/aromatic N) is 4. The maximum Gasteiger partial charge on any atom is 0.191 e. The number of aromatic nitrogens is 2. The summed E-state index contributed by atoms with van der Waals surface area (Å²) in [5.41, 5.74) is 3.82. The first-order chi connectivity index (χ1) is 12.6. The molecule has 2 rings (SSSR count). The average molecular weight is 490 g/mol. The lowest BCUT2D eigenvalue weighted by Gasteiger charge is -2.35. The zero-order chi connectivity index (χ0) is 18.9. The van der Waals surface area contributed by atoms with Crippen LogP contribution in [0.25, 0.3) is 0 Å². The molecule has 1 aromatic heterocycles. The third kappa shape index (κ3) is 6.62. The maximum absolute atomic E-state index is 4.65. The van der Waals surface area contributed by atoms with E-state index in [1.165, 1.54) is 49.2 Å². The van der Waals surface area contributed by atoms with E-state index in [2.05, 4.69) is 46.4 Å². The van der Waals surface area contributed by atoms with E-state index < -0.39 is 0 Å². The van der Waals surface area contributed by atoms with Crippen molar-refractivity contribution in [3.8, 4) is 0 Å². The van der Waals surface area contributed by atoms with Crippen molar-refractivity contribution in [1.29, 1.82) is 0 Å². The molecule has 1 aliphatic heterocycles. The van der Waals surface area contributed by atoms with Crippen molar-refractivity contribution in [1.82, 2.24) is 25.3 Å². The minimum Gasteiger partial charge on any atom is -0.355 e. The van der Waals surface area contributed by atoms with Gasteiger partial charge in [0.1, 0.15) is 0 Å². The molecule has 0 aliphatic carbocycles. The average Bonchev–Trinajstić information content (AvgIpc) is 2.99. The monoisotopic (exact) mass is 490 g/mol. The molecule has 1 unspecified atom stereocenters. The van der Waals surface area contributed by atoms with Crippen LogP contribution in [0.4, 0.5) is 0 Å². The summed E-state index contributed by atoms with van der Waals surface area (Å²) in [6, 6.07) is 0.759. The van der Waals surface area contributed by atoms with Gasteiger partial charge in [0.15, 0.2) is 5.96 Å². The highest BCUT2D eigenvalue weighted by molar-refractivity contribution is 14.0. The van der Waals surface area contributed by atoms with E-state index in [4.69, 9.17) is 0 Å². The SMILES string of the molecule is CCc1nn(C)c(CC)c1CNC(=NC)NCCN1CCCCC1CC.I. The van der Waals surface area contributed by atoms with Gasteiger partial charge in [0.25, 0.3) is 0 Å². The van der Waals surface area contributed by atoms with Crippen LogP contribution in [0, 0.1) is 0 Å². The molecule has 6 nitrogen and oxygen atoms in total. The minimum atomic E-state index is 0. The first-order valence-corrected chi connectivity index (χ1v) is 10.4. The quantitative estimate of drug-likeness (QED) is 0.334. The molecule has 27 heavy (non-hydrogen) atoms. The molecule has 0 saturated carbocycles. The first kappa shape index (κ1) is 24.2. The Kier molecular flexibility index (Phi) is 11.3. The number of aryl methyl sites for hydroxylation is 2. The highest BCUT2D eigenvalue weighted by atomic mass is 127. The van der Waals surface area contributed by atoms with Gasteiger partial charge < -0.3 is 10.6 Å². The molecule has 156 valence electrons. The summed E-state index contributed by atoms with van der Waals surface area (Å²) in [5, 5.41) is 11.6. The van der Waals surface area contributed by atoms with E-state index in [0.29, 0.717) is 0 Å². The fourth-order valence-electron chi connectivity index (χ4n) is 4.12.